The molecule has 19 heavy (non-hydrogen) atoms. The smallest absolute Gasteiger partial charge is 0.129 e. The summed E-state index contributed by atoms with van der Waals surface area (Å²) in [6.45, 7) is 4.06. The summed E-state index contributed by atoms with van der Waals surface area (Å²) >= 11 is 0. The predicted molar refractivity (Wildman–Crippen MR) is 73.0 cm³/mol. The molecule has 1 aliphatic rings. The van der Waals surface area contributed by atoms with Crippen molar-refractivity contribution in [2.45, 2.75) is 19.3 Å². The molecule has 0 fully saturated rings. The van der Waals surface area contributed by atoms with Gasteiger partial charge in [0.25, 0.3) is 0 Å². The number of halogens is 2. The minimum absolute atomic E-state index is 0.135. The lowest BCUT2D eigenvalue weighted by molar-refractivity contribution is 0.561. The standard InChI is InChI=1S/C17H14F2/c1-11-8-9-12-4-2-5-13(17(11)12)10-14-15(18)6-3-7-16(14)19/h2-7H,1,8-10H2. The highest BCUT2D eigenvalue weighted by molar-refractivity contribution is 5.73. The number of allylic oxidation sites excluding steroid dienone is 1. The van der Waals surface area contributed by atoms with Crippen LogP contribution in [0.3, 0.4) is 0 Å². The van der Waals surface area contributed by atoms with E-state index in [-0.39, 0.29) is 12.0 Å². The van der Waals surface area contributed by atoms with Crippen LogP contribution in [-0.4, -0.2) is 0 Å². The Kier molecular flexibility index (Phi) is 2.94. The summed E-state index contributed by atoms with van der Waals surface area (Å²) in [6, 6.07) is 9.94. The van der Waals surface area contributed by atoms with Crippen LogP contribution in [0.15, 0.2) is 43.0 Å². The van der Waals surface area contributed by atoms with Crippen molar-refractivity contribution in [3.63, 3.8) is 0 Å². The van der Waals surface area contributed by atoms with Crippen LogP contribution in [0.1, 0.15) is 28.7 Å². The lowest BCUT2D eigenvalue weighted by Gasteiger charge is -2.11. The molecule has 96 valence electrons. The predicted octanol–water partition coefficient (Wildman–Crippen LogP) is 4.52. The first-order chi connectivity index (χ1) is 9.16. The fraction of sp³-hybridized carbons (Fsp3) is 0.176. The molecule has 2 aromatic rings. The normalized spacial score (nSPS) is 13.7. The van der Waals surface area contributed by atoms with E-state index >= 15 is 0 Å². The van der Waals surface area contributed by atoms with E-state index in [9.17, 15) is 8.78 Å². The van der Waals surface area contributed by atoms with Gasteiger partial charge < -0.3 is 0 Å². The Morgan fingerprint density at radius 2 is 1.63 bits per heavy atom. The molecule has 0 atom stereocenters. The summed E-state index contributed by atoms with van der Waals surface area (Å²) < 4.78 is 27.4. The first-order valence-corrected chi connectivity index (χ1v) is 6.38. The summed E-state index contributed by atoms with van der Waals surface area (Å²) in [7, 11) is 0. The third-order valence-corrected chi connectivity index (χ3v) is 3.72. The van der Waals surface area contributed by atoms with Gasteiger partial charge in [-0.2, -0.15) is 0 Å². The number of hydrogen-bond donors (Lipinski definition) is 0. The fourth-order valence-electron chi connectivity index (χ4n) is 2.77. The number of fused-ring (bicyclic) bond motifs is 1. The molecule has 1 aliphatic carbocycles. The molecule has 0 aliphatic heterocycles. The Hall–Kier alpha value is -1.96. The number of benzene rings is 2. The molecular weight excluding hydrogens is 242 g/mol. The summed E-state index contributed by atoms with van der Waals surface area (Å²) in [5, 5.41) is 0. The van der Waals surface area contributed by atoms with E-state index in [1.165, 1.54) is 23.8 Å². The minimum Gasteiger partial charge on any atom is -0.207 e. The zero-order valence-corrected chi connectivity index (χ0v) is 10.5. The Labute approximate surface area is 111 Å². The van der Waals surface area contributed by atoms with E-state index in [4.69, 9.17) is 0 Å². The minimum atomic E-state index is -0.485. The van der Waals surface area contributed by atoms with Crippen LogP contribution >= 0.6 is 0 Å². The maximum absolute atomic E-state index is 13.7. The molecule has 0 heterocycles. The molecule has 0 bridgehead atoms. The second-order valence-corrected chi connectivity index (χ2v) is 4.93. The van der Waals surface area contributed by atoms with Crippen LogP contribution in [-0.2, 0) is 12.8 Å². The second-order valence-electron chi connectivity index (χ2n) is 4.93. The highest BCUT2D eigenvalue weighted by atomic mass is 19.1. The third-order valence-electron chi connectivity index (χ3n) is 3.72. The van der Waals surface area contributed by atoms with Gasteiger partial charge in [0, 0.05) is 12.0 Å². The molecule has 0 N–H and O–H groups in total. The quantitative estimate of drug-likeness (QED) is 0.741. The highest BCUT2D eigenvalue weighted by Gasteiger charge is 2.19. The van der Waals surface area contributed by atoms with Gasteiger partial charge in [-0.15, -0.1) is 0 Å². The average molecular weight is 256 g/mol. The van der Waals surface area contributed by atoms with Crippen LogP contribution in [0.4, 0.5) is 8.78 Å². The van der Waals surface area contributed by atoms with Gasteiger partial charge in [0.2, 0.25) is 0 Å². The molecule has 2 heteroatoms. The van der Waals surface area contributed by atoms with E-state index in [0.29, 0.717) is 0 Å². The largest absolute Gasteiger partial charge is 0.207 e. The highest BCUT2D eigenvalue weighted by Crippen LogP contribution is 2.34. The van der Waals surface area contributed by atoms with E-state index in [1.807, 2.05) is 12.1 Å². The summed E-state index contributed by atoms with van der Waals surface area (Å²) in [4.78, 5) is 0. The number of aryl methyl sites for hydroxylation is 1. The van der Waals surface area contributed by atoms with Crippen molar-refractivity contribution in [2.24, 2.45) is 0 Å². The zero-order valence-electron chi connectivity index (χ0n) is 10.5. The maximum atomic E-state index is 13.7. The second kappa shape index (κ2) is 4.61. The molecule has 0 unspecified atom stereocenters. The molecule has 3 rings (SSSR count). The van der Waals surface area contributed by atoms with Crippen molar-refractivity contribution in [3.8, 4) is 0 Å². The van der Waals surface area contributed by atoms with Crippen LogP contribution in [0, 0.1) is 11.6 Å². The van der Waals surface area contributed by atoms with Crippen molar-refractivity contribution in [1.82, 2.24) is 0 Å². The van der Waals surface area contributed by atoms with Gasteiger partial charge in [-0.3, -0.25) is 0 Å². The molecule has 0 saturated heterocycles. The van der Waals surface area contributed by atoms with E-state index in [0.717, 1.165) is 29.5 Å². The van der Waals surface area contributed by atoms with Crippen molar-refractivity contribution < 1.29 is 8.78 Å². The van der Waals surface area contributed by atoms with Gasteiger partial charge in [-0.25, -0.2) is 8.78 Å². The lowest BCUT2D eigenvalue weighted by atomic mass is 9.95. The van der Waals surface area contributed by atoms with E-state index < -0.39 is 11.6 Å². The monoisotopic (exact) mass is 256 g/mol. The van der Waals surface area contributed by atoms with Crippen molar-refractivity contribution in [1.29, 1.82) is 0 Å². The molecule has 0 saturated carbocycles. The van der Waals surface area contributed by atoms with Crippen molar-refractivity contribution in [3.05, 3.63) is 76.9 Å². The molecule has 0 aromatic heterocycles. The van der Waals surface area contributed by atoms with Crippen LogP contribution in [0.2, 0.25) is 0 Å². The average Bonchev–Trinajstić information content (AvgIpc) is 2.77. The third kappa shape index (κ3) is 2.07. The van der Waals surface area contributed by atoms with Crippen LogP contribution < -0.4 is 0 Å². The Balaban J connectivity index is 2.06. The van der Waals surface area contributed by atoms with Crippen LogP contribution in [0.25, 0.3) is 5.57 Å². The number of hydrogen-bond acceptors (Lipinski definition) is 0. The molecule has 0 nitrogen and oxygen atoms in total. The van der Waals surface area contributed by atoms with Gasteiger partial charge in [0.1, 0.15) is 11.6 Å². The van der Waals surface area contributed by atoms with E-state index in [1.54, 1.807) is 0 Å². The molecule has 2 aromatic carbocycles. The summed E-state index contributed by atoms with van der Waals surface area (Å²) in [6.07, 6.45) is 2.19. The van der Waals surface area contributed by atoms with Gasteiger partial charge >= 0.3 is 0 Å². The van der Waals surface area contributed by atoms with E-state index in [2.05, 4.69) is 12.6 Å². The van der Waals surface area contributed by atoms with Crippen molar-refractivity contribution >= 4 is 5.57 Å². The summed E-state index contributed by atoms with van der Waals surface area (Å²) in [5.41, 5.74) is 4.51. The Morgan fingerprint density at radius 1 is 0.947 bits per heavy atom. The van der Waals surface area contributed by atoms with Crippen LogP contribution in [0.5, 0.6) is 0 Å². The molecule has 0 radical (unpaired) electrons. The lowest BCUT2D eigenvalue weighted by Crippen LogP contribution is -2.00. The zero-order chi connectivity index (χ0) is 13.4. The first-order valence-electron chi connectivity index (χ1n) is 6.38. The first kappa shape index (κ1) is 12.1. The van der Waals surface area contributed by atoms with Crippen molar-refractivity contribution in [2.75, 3.05) is 0 Å². The SMILES string of the molecule is C=C1CCc2cccc(Cc3c(F)cccc3F)c21. The maximum Gasteiger partial charge on any atom is 0.129 e. The molecular formula is C17H14F2. The van der Waals surface area contributed by atoms with Gasteiger partial charge in [0.05, 0.1) is 0 Å². The molecule has 0 amide bonds. The fourth-order valence-corrected chi connectivity index (χ4v) is 2.77. The summed E-state index contributed by atoms with van der Waals surface area (Å²) in [5.74, 6) is -0.970. The topological polar surface area (TPSA) is 0 Å². The molecule has 0 spiro atoms. The van der Waals surface area contributed by atoms with Gasteiger partial charge in [-0.1, -0.05) is 30.8 Å². The Bertz CT molecular complexity index is 636. The van der Waals surface area contributed by atoms with Gasteiger partial charge in [-0.05, 0) is 47.2 Å². The Morgan fingerprint density at radius 3 is 2.37 bits per heavy atom. The number of rotatable bonds is 2. The van der Waals surface area contributed by atoms with Gasteiger partial charge in [0.15, 0.2) is 0 Å².